The van der Waals surface area contributed by atoms with Gasteiger partial charge >= 0.3 is 0 Å². The Kier molecular flexibility index (Phi) is 7.07. The standard InChI is InChI=1S/C17H18Cl2N2O2/c1-5-12(7-6-10(2)3)21-17(23)15-13(18)8-9-14(16(15)19)20-11(4)22/h5-9H,2H2,1,3-4H3,(H,20,22)(H,21,23). The molecule has 0 unspecified atom stereocenters. The fraction of sp³-hybridized carbons (Fsp3) is 0.176. The van der Waals surface area contributed by atoms with Crippen molar-refractivity contribution in [3.8, 4) is 0 Å². The molecule has 2 amide bonds. The minimum atomic E-state index is -0.466. The summed E-state index contributed by atoms with van der Waals surface area (Å²) in [5.41, 5.74) is 1.85. The van der Waals surface area contributed by atoms with Gasteiger partial charge in [-0.1, -0.05) is 47.5 Å². The predicted octanol–water partition coefficient (Wildman–Crippen LogP) is 4.72. The minimum Gasteiger partial charge on any atom is -0.325 e. The van der Waals surface area contributed by atoms with Crippen molar-refractivity contribution in [2.24, 2.45) is 0 Å². The second kappa shape index (κ2) is 8.56. The number of carbonyl (C=O) groups excluding carboxylic acids is 2. The highest BCUT2D eigenvalue weighted by Gasteiger charge is 2.18. The number of halogens is 2. The lowest BCUT2D eigenvalue weighted by Crippen LogP contribution is -2.23. The van der Waals surface area contributed by atoms with Crippen LogP contribution in [0.25, 0.3) is 0 Å². The Morgan fingerprint density at radius 3 is 2.35 bits per heavy atom. The number of allylic oxidation sites excluding steroid dienone is 4. The summed E-state index contributed by atoms with van der Waals surface area (Å²) >= 11 is 12.3. The zero-order chi connectivity index (χ0) is 17.6. The molecule has 0 fully saturated rings. The van der Waals surface area contributed by atoms with Crippen LogP contribution in [0.1, 0.15) is 31.1 Å². The highest BCUT2D eigenvalue weighted by molar-refractivity contribution is 6.41. The smallest absolute Gasteiger partial charge is 0.258 e. The van der Waals surface area contributed by atoms with Gasteiger partial charge in [-0.15, -0.1) is 0 Å². The average Bonchev–Trinajstić information content (AvgIpc) is 2.46. The Morgan fingerprint density at radius 1 is 1.17 bits per heavy atom. The highest BCUT2D eigenvalue weighted by Crippen LogP contribution is 2.31. The van der Waals surface area contributed by atoms with E-state index in [1.54, 1.807) is 31.2 Å². The number of benzene rings is 1. The zero-order valence-corrected chi connectivity index (χ0v) is 14.7. The number of hydrogen-bond acceptors (Lipinski definition) is 2. The number of rotatable bonds is 5. The van der Waals surface area contributed by atoms with Crippen LogP contribution in [0, 0.1) is 0 Å². The second-order valence-corrected chi connectivity index (χ2v) is 5.63. The van der Waals surface area contributed by atoms with Gasteiger partial charge in [0.1, 0.15) is 0 Å². The number of anilines is 1. The molecule has 0 aliphatic heterocycles. The number of carbonyl (C=O) groups is 2. The quantitative estimate of drug-likeness (QED) is 0.753. The molecule has 0 saturated heterocycles. The highest BCUT2D eigenvalue weighted by atomic mass is 35.5. The molecule has 6 heteroatoms. The number of hydrogen-bond donors (Lipinski definition) is 2. The molecule has 0 spiro atoms. The van der Waals surface area contributed by atoms with Crippen molar-refractivity contribution in [2.45, 2.75) is 20.8 Å². The molecule has 0 heterocycles. The van der Waals surface area contributed by atoms with Crippen molar-refractivity contribution in [1.29, 1.82) is 0 Å². The van der Waals surface area contributed by atoms with Crippen LogP contribution in [0.15, 0.2) is 48.2 Å². The molecule has 0 bridgehead atoms. The van der Waals surface area contributed by atoms with E-state index in [0.29, 0.717) is 11.4 Å². The van der Waals surface area contributed by atoms with Gasteiger partial charge in [0.25, 0.3) is 5.91 Å². The molecular formula is C17H18Cl2N2O2. The molecule has 4 nitrogen and oxygen atoms in total. The first-order valence-electron chi connectivity index (χ1n) is 6.83. The molecule has 0 radical (unpaired) electrons. The van der Waals surface area contributed by atoms with E-state index in [9.17, 15) is 9.59 Å². The first kappa shape index (κ1) is 19.0. The van der Waals surface area contributed by atoms with Gasteiger partial charge in [-0.2, -0.15) is 0 Å². The molecule has 0 saturated carbocycles. The molecule has 122 valence electrons. The Morgan fingerprint density at radius 2 is 1.83 bits per heavy atom. The van der Waals surface area contributed by atoms with Crippen LogP contribution in [0.4, 0.5) is 5.69 Å². The van der Waals surface area contributed by atoms with Crippen LogP contribution in [-0.4, -0.2) is 11.8 Å². The van der Waals surface area contributed by atoms with Gasteiger partial charge in [-0.05, 0) is 32.1 Å². The Bertz CT molecular complexity index is 707. The van der Waals surface area contributed by atoms with E-state index in [1.807, 2.05) is 6.92 Å². The molecule has 0 aromatic heterocycles. The Hall–Kier alpha value is -2.04. The largest absolute Gasteiger partial charge is 0.325 e. The first-order chi connectivity index (χ1) is 10.8. The maximum absolute atomic E-state index is 12.4. The Labute approximate surface area is 145 Å². The van der Waals surface area contributed by atoms with Crippen LogP contribution < -0.4 is 10.6 Å². The molecule has 23 heavy (non-hydrogen) atoms. The van der Waals surface area contributed by atoms with E-state index in [0.717, 1.165) is 5.57 Å². The maximum atomic E-state index is 12.4. The van der Waals surface area contributed by atoms with Crippen LogP contribution in [-0.2, 0) is 4.79 Å². The van der Waals surface area contributed by atoms with Crippen LogP contribution in [0.2, 0.25) is 10.0 Å². The van der Waals surface area contributed by atoms with Gasteiger partial charge in [0.2, 0.25) is 5.91 Å². The molecule has 1 rings (SSSR count). The first-order valence-corrected chi connectivity index (χ1v) is 7.58. The third kappa shape index (κ3) is 5.58. The third-order valence-corrected chi connectivity index (χ3v) is 3.45. The topological polar surface area (TPSA) is 58.2 Å². The summed E-state index contributed by atoms with van der Waals surface area (Å²) in [4.78, 5) is 23.6. The van der Waals surface area contributed by atoms with E-state index in [1.165, 1.54) is 13.0 Å². The van der Waals surface area contributed by atoms with Crippen LogP contribution >= 0.6 is 23.2 Å². The molecule has 1 aromatic rings. The monoisotopic (exact) mass is 352 g/mol. The van der Waals surface area contributed by atoms with Crippen molar-refractivity contribution in [3.05, 3.63) is 63.8 Å². The summed E-state index contributed by atoms with van der Waals surface area (Å²) < 4.78 is 0. The predicted molar refractivity (Wildman–Crippen MR) is 95.9 cm³/mol. The SMILES string of the molecule is C=C(C)C=CC(=CC)NC(=O)c1c(Cl)ccc(NC(C)=O)c1Cl. The van der Waals surface area contributed by atoms with Crippen molar-refractivity contribution in [3.63, 3.8) is 0 Å². The molecule has 2 N–H and O–H groups in total. The fourth-order valence-electron chi connectivity index (χ4n) is 1.68. The lowest BCUT2D eigenvalue weighted by molar-refractivity contribution is -0.114. The Balaban J connectivity index is 3.12. The van der Waals surface area contributed by atoms with Crippen molar-refractivity contribution in [2.75, 3.05) is 5.32 Å². The lowest BCUT2D eigenvalue weighted by atomic mass is 10.1. The van der Waals surface area contributed by atoms with Crippen molar-refractivity contribution in [1.82, 2.24) is 5.32 Å². The van der Waals surface area contributed by atoms with E-state index >= 15 is 0 Å². The van der Waals surface area contributed by atoms with Gasteiger partial charge in [-0.3, -0.25) is 9.59 Å². The lowest BCUT2D eigenvalue weighted by Gasteiger charge is -2.12. The summed E-state index contributed by atoms with van der Waals surface area (Å²) in [7, 11) is 0. The average molecular weight is 353 g/mol. The maximum Gasteiger partial charge on any atom is 0.258 e. The van der Waals surface area contributed by atoms with Gasteiger partial charge in [-0.25, -0.2) is 0 Å². The zero-order valence-electron chi connectivity index (χ0n) is 13.2. The molecule has 1 aromatic carbocycles. The molecule has 0 atom stereocenters. The fourth-order valence-corrected chi connectivity index (χ4v) is 2.27. The van der Waals surface area contributed by atoms with E-state index in [4.69, 9.17) is 23.2 Å². The normalized spacial score (nSPS) is 11.4. The third-order valence-electron chi connectivity index (χ3n) is 2.75. The molecular weight excluding hydrogens is 335 g/mol. The van der Waals surface area contributed by atoms with Crippen LogP contribution in [0.3, 0.4) is 0 Å². The number of nitrogens with one attached hydrogen (secondary N) is 2. The van der Waals surface area contributed by atoms with E-state index < -0.39 is 5.91 Å². The summed E-state index contributed by atoms with van der Waals surface area (Å²) in [6.45, 7) is 8.74. The molecule has 0 aliphatic rings. The van der Waals surface area contributed by atoms with Gasteiger partial charge in [0, 0.05) is 12.6 Å². The van der Waals surface area contributed by atoms with Crippen LogP contribution in [0.5, 0.6) is 0 Å². The van der Waals surface area contributed by atoms with E-state index in [2.05, 4.69) is 17.2 Å². The summed E-state index contributed by atoms with van der Waals surface area (Å²) in [6, 6.07) is 3.05. The van der Waals surface area contributed by atoms with Crippen molar-refractivity contribution < 1.29 is 9.59 Å². The van der Waals surface area contributed by atoms with E-state index in [-0.39, 0.29) is 21.5 Å². The molecule has 0 aliphatic carbocycles. The van der Waals surface area contributed by atoms with Gasteiger partial charge in [0.05, 0.1) is 21.3 Å². The summed E-state index contributed by atoms with van der Waals surface area (Å²) in [5, 5.41) is 5.55. The van der Waals surface area contributed by atoms with Crippen molar-refractivity contribution >= 4 is 40.7 Å². The summed E-state index contributed by atoms with van der Waals surface area (Å²) in [6.07, 6.45) is 5.23. The summed E-state index contributed by atoms with van der Waals surface area (Å²) in [5.74, 6) is -0.759. The number of amides is 2. The van der Waals surface area contributed by atoms with Gasteiger partial charge in [0.15, 0.2) is 0 Å². The second-order valence-electron chi connectivity index (χ2n) is 4.84. The minimum absolute atomic E-state index is 0.0875. The van der Waals surface area contributed by atoms with Gasteiger partial charge < -0.3 is 10.6 Å².